The van der Waals surface area contributed by atoms with Crippen LogP contribution in [0.3, 0.4) is 0 Å². The molecule has 0 saturated heterocycles. The Morgan fingerprint density at radius 3 is 2.61 bits per heavy atom. The van der Waals surface area contributed by atoms with Gasteiger partial charge in [0.1, 0.15) is 5.58 Å². The molecule has 0 bridgehead atoms. The molecule has 1 atom stereocenters. The van der Waals surface area contributed by atoms with Crippen molar-refractivity contribution in [2.45, 2.75) is 39.7 Å². The molecule has 0 aliphatic carbocycles. The molecule has 4 nitrogen and oxygen atoms in total. The van der Waals surface area contributed by atoms with Crippen LogP contribution in [-0.2, 0) is 11.2 Å². The van der Waals surface area contributed by atoms with E-state index in [0.717, 1.165) is 22.1 Å². The fourth-order valence-electron chi connectivity index (χ4n) is 3.27. The van der Waals surface area contributed by atoms with Gasteiger partial charge in [0.2, 0.25) is 5.91 Å². The van der Waals surface area contributed by atoms with Crippen LogP contribution in [0.25, 0.3) is 11.0 Å². The number of carbonyl (C=O) groups is 1. The summed E-state index contributed by atoms with van der Waals surface area (Å²) in [5.41, 5.74) is 3.38. The molecular formula is C22H21Cl2NO3. The minimum Gasteiger partial charge on any atom is -0.423 e. The highest BCUT2D eigenvalue weighted by atomic mass is 35.5. The number of hydrogen-bond donors (Lipinski definition) is 1. The minimum atomic E-state index is -0.391. The van der Waals surface area contributed by atoms with Crippen LogP contribution in [0.1, 0.15) is 41.6 Å². The molecule has 0 spiro atoms. The zero-order valence-corrected chi connectivity index (χ0v) is 17.4. The van der Waals surface area contributed by atoms with Gasteiger partial charge >= 0.3 is 5.63 Å². The van der Waals surface area contributed by atoms with Crippen LogP contribution in [0, 0.1) is 13.8 Å². The Morgan fingerprint density at radius 1 is 1.14 bits per heavy atom. The summed E-state index contributed by atoms with van der Waals surface area (Å²) >= 11 is 12.1. The molecule has 0 saturated carbocycles. The first kappa shape index (κ1) is 20.4. The van der Waals surface area contributed by atoms with Crippen molar-refractivity contribution in [3.63, 3.8) is 0 Å². The fraction of sp³-hybridized carbons (Fsp3) is 0.273. The van der Waals surface area contributed by atoms with Crippen molar-refractivity contribution in [1.29, 1.82) is 0 Å². The summed E-state index contributed by atoms with van der Waals surface area (Å²) in [5, 5.41) is 4.85. The van der Waals surface area contributed by atoms with E-state index in [2.05, 4.69) is 5.32 Å². The number of amides is 1. The molecule has 0 fully saturated rings. The van der Waals surface area contributed by atoms with Gasteiger partial charge in [0.05, 0.1) is 6.04 Å². The van der Waals surface area contributed by atoms with Crippen LogP contribution in [0.2, 0.25) is 10.0 Å². The molecule has 0 radical (unpaired) electrons. The van der Waals surface area contributed by atoms with E-state index in [1.807, 2.05) is 39.0 Å². The van der Waals surface area contributed by atoms with Gasteiger partial charge in [-0.2, -0.15) is 0 Å². The Morgan fingerprint density at radius 2 is 1.89 bits per heavy atom. The van der Waals surface area contributed by atoms with Gasteiger partial charge in [0.15, 0.2) is 0 Å². The lowest BCUT2D eigenvalue weighted by Gasteiger charge is -2.16. The Kier molecular flexibility index (Phi) is 6.11. The van der Waals surface area contributed by atoms with E-state index in [9.17, 15) is 9.59 Å². The predicted molar refractivity (Wildman–Crippen MR) is 113 cm³/mol. The molecule has 146 valence electrons. The van der Waals surface area contributed by atoms with Crippen molar-refractivity contribution < 1.29 is 9.21 Å². The molecule has 0 aliphatic rings. The van der Waals surface area contributed by atoms with Crippen molar-refractivity contribution in [2.24, 2.45) is 0 Å². The lowest BCUT2D eigenvalue weighted by Crippen LogP contribution is -2.27. The maximum Gasteiger partial charge on any atom is 0.339 e. The Bertz CT molecular complexity index is 1100. The van der Waals surface area contributed by atoms with Crippen molar-refractivity contribution in [3.05, 3.63) is 79.1 Å². The summed E-state index contributed by atoms with van der Waals surface area (Å²) in [6.07, 6.45) is 0.489. The summed E-state index contributed by atoms with van der Waals surface area (Å²) in [5.74, 6) is -0.165. The molecule has 1 unspecified atom stereocenters. The number of halogens is 2. The third kappa shape index (κ3) is 4.40. The van der Waals surface area contributed by atoms with E-state index in [0.29, 0.717) is 27.6 Å². The molecular weight excluding hydrogens is 397 g/mol. The van der Waals surface area contributed by atoms with E-state index in [-0.39, 0.29) is 18.4 Å². The third-order valence-electron chi connectivity index (χ3n) is 4.85. The van der Waals surface area contributed by atoms with Gasteiger partial charge in [0, 0.05) is 27.4 Å². The van der Waals surface area contributed by atoms with Gasteiger partial charge in [-0.15, -0.1) is 0 Å². The smallest absolute Gasteiger partial charge is 0.339 e. The van der Waals surface area contributed by atoms with E-state index < -0.39 is 5.63 Å². The van der Waals surface area contributed by atoms with Crippen LogP contribution < -0.4 is 10.9 Å². The first-order chi connectivity index (χ1) is 13.3. The fourth-order valence-corrected chi connectivity index (χ4v) is 3.85. The number of fused-ring (bicyclic) bond motifs is 1. The van der Waals surface area contributed by atoms with Crippen LogP contribution >= 0.6 is 23.2 Å². The summed E-state index contributed by atoms with van der Waals surface area (Å²) in [4.78, 5) is 24.8. The van der Waals surface area contributed by atoms with E-state index >= 15 is 0 Å². The second-order valence-electron chi connectivity index (χ2n) is 6.95. The van der Waals surface area contributed by atoms with Crippen LogP contribution in [0.15, 0.2) is 45.6 Å². The van der Waals surface area contributed by atoms with Gasteiger partial charge < -0.3 is 9.73 Å². The average molecular weight is 418 g/mol. The predicted octanol–water partition coefficient (Wildman–Crippen LogP) is 5.53. The molecule has 1 heterocycles. The van der Waals surface area contributed by atoms with Gasteiger partial charge in [0.25, 0.3) is 0 Å². The molecule has 2 aromatic carbocycles. The van der Waals surface area contributed by atoms with Crippen LogP contribution in [0.5, 0.6) is 0 Å². The minimum absolute atomic E-state index is 0.165. The van der Waals surface area contributed by atoms with Crippen molar-refractivity contribution >= 4 is 40.1 Å². The van der Waals surface area contributed by atoms with Crippen LogP contribution in [0.4, 0.5) is 0 Å². The van der Waals surface area contributed by atoms with E-state index in [1.165, 1.54) is 0 Å². The lowest BCUT2D eigenvalue weighted by atomic mass is 10.0. The topological polar surface area (TPSA) is 59.3 Å². The number of nitrogens with one attached hydrogen (secondary N) is 1. The largest absolute Gasteiger partial charge is 0.423 e. The van der Waals surface area contributed by atoms with Crippen molar-refractivity contribution in [3.8, 4) is 0 Å². The van der Waals surface area contributed by atoms with E-state index in [4.69, 9.17) is 27.6 Å². The number of benzene rings is 2. The Labute approximate surface area is 173 Å². The SMILES string of the molecule is Cc1ccc2c(C)c(CCC(=O)NC(C)c3ccc(Cl)cc3Cl)c(=O)oc2c1. The normalized spacial score (nSPS) is 12.2. The number of carbonyl (C=O) groups excluding carboxylic acids is 1. The van der Waals surface area contributed by atoms with E-state index in [1.54, 1.807) is 18.2 Å². The lowest BCUT2D eigenvalue weighted by molar-refractivity contribution is -0.121. The zero-order chi connectivity index (χ0) is 20.4. The molecule has 28 heavy (non-hydrogen) atoms. The van der Waals surface area contributed by atoms with Gasteiger partial charge in [-0.25, -0.2) is 4.79 Å². The van der Waals surface area contributed by atoms with Crippen LogP contribution in [-0.4, -0.2) is 5.91 Å². The maximum absolute atomic E-state index is 12.4. The highest BCUT2D eigenvalue weighted by molar-refractivity contribution is 6.35. The highest BCUT2D eigenvalue weighted by Gasteiger charge is 2.16. The van der Waals surface area contributed by atoms with Gasteiger partial charge in [-0.1, -0.05) is 41.4 Å². The second kappa shape index (κ2) is 8.38. The van der Waals surface area contributed by atoms with Gasteiger partial charge in [-0.3, -0.25) is 4.79 Å². The summed E-state index contributed by atoms with van der Waals surface area (Å²) in [7, 11) is 0. The number of hydrogen-bond acceptors (Lipinski definition) is 3. The standard InChI is InChI=1S/C22H21Cl2NO3/c1-12-4-6-16-13(2)17(22(27)28-20(16)10-12)8-9-21(26)25-14(3)18-7-5-15(23)11-19(18)24/h4-7,10-11,14H,8-9H2,1-3H3,(H,25,26). The Hall–Kier alpha value is -2.30. The molecule has 3 aromatic rings. The first-order valence-electron chi connectivity index (χ1n) is 9.03. The highest BCUT2D eigenvalue weighted by Crippen LogP contribution is 2.26. The average Bonchev–Trinajstić information content (AvgIpc) is 2.60. The molecule has 1 aromatic heterocycles. The number of aryl methyl sites for hydroxylation is 2. The molecule has 3 rings (SSSR count). The maximum atomic E-state index is 12.4. The summed E-state index contributed by atoms with van der Waals surface area (Å²) in [6.45, 7) is 5.68. The number of rotatable bonds is 5. The zero-order valence-electron chi connectivity index (χ0n) is 15.9. The second-order valence-corrected chi connectivity index (χ2v) is 7.79. The monoisotopic (exact) mass is 417 g/mol. The van der Waals surface area contributed by atoms with Gasteiger partial charge in [-0.05, 0) is 62.1 Å². The molecule has 0 aliphatic heterocycles. The third-order valence-corrected chi connectivity index (χ3v) is 5.41. The Balaban J connectivity index is 1.72. The first-order valence-corrected chi connectivity index (χ1v) is 9.79. The quantitative estimate of drug-likeness (QED) is 0.555. The summed E-state index contributed by atoms with van der Waals surface area (Å²) in [6, 6.07) is 10.7. The van der Waals surface area contributed by atoms with Crippen molar-refractivity contribution in [1.82, 2.24) is 5.32 Å². The molecule has 1 N–H and O–H groups in total. The molecule has 6 heteroatoms. The molecule has 1 amide bonds. The van der Waals surface area contributed by atoms with Crippen molar-refractivity contribution in [2.75, 3.05) is 0 Å². The summed E-state index contributed by atoms with van der Waals surface area (Å²) < 4.78 is 5.45.